The standard InChI is InChI=1S/C26H29F2N5O4S/c1-24(2,3)9-5-11-37-21-14-30-19(13-31-21)22(34)32-16-6-7-18(28)17(12-16)25(4)20-8-10-26(15-27,23(29)33-25)38(20,35)36/h6-7,12-14,20H,8,10-11,15H2,1-4H3,(H2,29,33)(H,32,34)/t20-,25+,26-/m0/s1. The summed E-state index contributed by atoms with van der Waals surface area (Å²) >= 11 is 0. The molecule has 0 saturated carbocycles. The lowest BCUT2D eigenvalue weighted by Gasteiger charge is -2.39. The van der Waals surface area contributed by atoms with Crippen LogP contribution in [0.5, 0.6) is 5.88 Å². The highest BCUT2D eigenvalue weighted by molar-refractivity contribution is 7.94. The molecule has 2 aromatic rings. The van der Waals surface area contributed by atoms with Crippen LogP contribution < -0.4 is 15.8 Å². The number of aromatic nitrogens is 2. The van der Waals surface area contributed by atoms with E-state index in [4.69, 9.17) is 10.5 Å². The third kappa shape index (κ3) is 4.71. The van der Waals surface area contributed by atoms with Crippen molar-refractivity contribution in [1.29, 1.82) is 0 Å². The molecule has 3 heterocycles. The Balaban J connectivity index is 1.54. The Bertz CT molecular complexity index is 1460. The molecule has 2 bridgehead atoms. The summed E-state index contributed by atoms with van der Waals surface area (Å²) in [6.45, 7) is 6.31. The second kappa shape index (κ2) is 9.62. The first-order valence-electron chi connectivity index (χ1n) is 11.9. The molecule has 0 spiro atoms. The number of anilines is 1. The summed E-state index contributed by atoms with van der Waals surface area (Å²) in [5, 5.41) is 1.44. The summed E-state index contributed by atoms with van der Waals surface area (Å²) in [6.07, 6.45) is 2.56. The number of nitrogens with one attached hydrogen (secondary N) is 1. The zero-order valence-electron chi connectivity index (χ0n) is 21.5. The van der Waals surface area contributed by atoms with E-state index in [-0.39, 0.29) is 53.5 Å². The fraction of sp³-hybridized carbons (Fsp3) is 0.462. The predicted octanol–water partition coefficient (Wildman–Crippen LogP) is 3.17. The van der Waals surface area contributed by atoms with Crippen LogP contribution in [-0.4, -0.2) is 53.4 Å². The number of nitrogens with two attached hydrogens (primary N) is 1. The van der Waals surface area contributed by atoms with Gasteiger partial charge in [-0.05, 0) is 58.7 Å². The van der Waals surface area contributed by atoms with Crippen LogP contribution in [0.15, 0.2) is 35.6 Å². The molecule has 1 saturated heterocycles. The van der Waals surface area contributed by atoms with Crippen molar-refractivity contribution in [3.8, 4) is 17.7 Å². The lowest BCUT2D eigenvalue weighted by molar-refractivity contribution is 0.102. The van der Waals surface area contributed by atoms with Crippen LogP contribution in [0.3, 0.4) is 0 Å². The van der Waals surface area contributed by atoms with Gasteiger partial charge in [0.1, 0.15) is 29.6 Å². The molecule has 4 rings (SSSR count). The van der Waals surface area contributed by atoms with Crippen LogP contribution in [0.2, 0.25) is 0 Å². The number of rotatable bonds is 6. The Labute approximate surface area is 220 Å². The van der Waals surface area contributed by atoms with Crippen molar-refractivity contribution >= 4 is 27.3 Å². The highest BCUT2D eigenvalue weighted by atomic mass is 32.2. The number of carbonyl (C=O) groups excluding carboxylic acids is 1. The Morgan fingerprint density at radius 2 is 2.03 bits per heavy atom. The Morgan fingerprint density at radius 1 is 1.29 bits per heavy atom. The number of alkyl halides is 1. The molecule has 38 heavy (non-hydrogen) atoms. The summed E-state index contributed by atoms with van der Waals surface area (Å²) in [7, 11) is -4.08. The molecule has 12 heteroatoms. The molecule has 0 unspecified atom stereocenters. The summed E-state index contributed by atoms with van der Waals surface area (Å²) in [5.41, 5.74) is 4.29. The summed E-state index contributed by atoms with van der Waals surface area (Å²) in [4.78, 5) is 25.2. The maximum atomic E-state index is 15.0. The van der Waals surface area contributed by atoms with Crippen LogP contribution in [0.1, 0.15) is 56.6 Å². The van der Waals surface area contributed by atoms with Crippen molar-refractivity contribution < 1.29 is 26.7 Å². The number of fused-ring (bicyclic) bond motifs is 2. The first-order chi connectivity index (χ1) is 17.7. The second-order valence-corrected chi connectivity index (χ2v) is 13.0. The molecular formula is C26H29F2N5O4S. The van der Waals surface area contributed by atoms with Gasteiger partial charge in [-0.2, -0.15) is 0 Å². The molecule has 3 N–H and O–H groups in total. The predicted molar refractivity (Wildman–Crippen MR) is 139 cm³/mol. The van der Waals surface area contributed by atoms with Crippen molar-refractivity contribution in [3.05, 3.63) is 47.7 Å². The van der Waals surface area contributed by atoms with Crippen molar-refractivity contribution in [3.63, 3.8) is 0 Å². The van der Waals surface area contributed by atoms with E-state index >= 15 is 4.39 Å². The van der Waals surface area contributed by atoms with Crippen LogP contribution in [-0.2, 0) is 15.4 Å². The lowest BCUT2D eigenvalue weighted by Crippen LogP contribution is -2.58. The summed E-state index contributed by atoms with van der Waals surface area (Å²) in [6, 6.07) is 3.73. The molecule has 2 aliphatic rings. The molecule has 1 aromatic carbocycles. The number of halogens is 2. The van der Waals surface area contributed by atoms with Crippen LogP contribution >= 0.6 is 0 Å². The average molecular weight is 546 g/mol. The highest BCUT2D eigenvalue weighted by Gasteiger charge is 2.65. The zero-order chi connectivity index (χ0) is 27.9. The smallest absolute Gasteiger partial charge is 0.275 e. The van der Waals surface area contributed by atoms with E-state index in [2.05, 4.69) is 32.1 Å². The fourth-order valence-corrected chi connectivity index (χ4v) is 7.41. The number of amidine groups is 1. The van der Waals surface area contributed by atoms with Gasteiger partial charge in [0.25, 0.3) is 5.91 Å². The Morgan fingerprint density at radius 3 is 2.66 bits per heavy atom. The fourth-order valence-electron chi connectivity index (χ4n) is 4.77. The van der Waals surface area contributed by atoms with Gasteiger partial charge in [-0.3, -0.25) is 9.79 Å². The molecule has 1 fully saturated rings. The van der Waals surface area contributed by atoms with Crippen molar-refractivity contribution in [1.82, 2.24) is 9.97 Å². The number of hydrogen-bond donors (Lipinski definition) is 2. The van der Waals surface area contributed by atoms with E-state index in [1.165, 1.54) is 31.5 Å². The first kappa shape index (κ1) is 27.4. The Kier molecular flexibility index (Phi) is 6.95. The first-order valence-corrected chi connectivity index (χ1v) is 13.5. The number of aliphatic imine (C=N–C) groups is 1. The van der Waals surface area contributed by atoms with Crippen molar-refractivity contribution in [2.75, 3.05) is 18.6 Å². The molecular weight excluding hydrogens is 516 g/mol. The molecule has 0 aliphatic carbocycles. The van der Waals surface area contributed by atoms with E-state index in [1.54, 1.807) is 0 Å². The van der Waals surface area contributed by atoms with Gasteiger partial charge >= 0.3 is 0 Å². The molecule has 2 aliphatic heterocycles. The summed E-state index contributed by atoms with van der Waals surface area (Å²) < 4.78 is 58.9. The number of amides is 1. The number of benzene rings is 1. The molecule has 202 valence electrons. The SMILES string of the molecule is CC(C)(C)C#CCOc1cnc(C(=O)Nc2ccc(F)c([C@@]3(C)N=C(N)[C@@]4(CF)CC[C@@H]3S4(=O)=O)c2)cn1. The largest absolute Gasteiger partial charge is 0.463 e. The third-order valence-electron chi connectivity index (χ3n) is 6.78. The molecule has 1 amide bonds. The van der Waals surface area contributed by atoms with Crippen LogP contribution in [0, 0.1) is 23.1 Å². The lowest BCUT2D eigenvalue weighted by atomic mass is 9.86. The minimum Gasteiger partial charge on any atom is -0.463 e. The minimum absolute atomic E-state index is 0.0266. The summed E-state index contributed by atoms with van der Waals surface area (Å²) in [5.74, 6) is 4.37. The van der Waals surface area contributed by atoms with Gasteiger partial charge in [0.2, 0.25) is 5.88 Å². The quantitative estimate of drug-likeness (QED) is 0.532. The monoisotopic (exact) mass is 545 g/mol. The topological polar surface area (TPSA) is 137 Å². The van der Waals surface area contributed by atoms with E-state index in [0.29, 0.717) is 0 Å². The molecule has 3 atom stereocenters. The van der Waals surface area contributed by atoms with Gasteiger partial charge in [-0.1, -0.05) is 11.8 Å². The van der Waals surface area contributed by atoms with Gasteiger partial charge in [0.15, 0.2) is 21.2 Å². The number of ether oxygens (including phenoxy) is 1. The third-order valence-corrected chi connectivity index (χ3v) is 9.83. The molecule has 0 radical (unpaired) electrons. The Hall–Kier alpha value is -3.59. The van der Waals surface area contributed by atoms with Crippen molar-refractivity contribution in [2.45, 2.75) is 56.1 Å². The maximum absolute atomic E-state index is 15.0. The van der Waals surface area contributed by atoms with Gasteiger partial charge < -0.3 is 15.8 Å². The van der Waals surface area contributed by atoms with E-state index in [9.17, 15) is 17.6 Å². The van der Waals surface area contributed by atoms with Gasteiger partial charge in [0, 0.05) is 16.7 Å². The van der Waals surface area contributed by atoms with E-state index in [1.807, 2.05) is 20.8 Å². The van der Waals surface area contributed by atoms with E-state index in [0.717, 1.165) is 6.07 Å². The van der Waals surface area contributed by atoms with Gasteiger partial charge in [-0.25, -0.2) is 27.2 Å². The zero-order valence-corrected chi connectivity index (χ0v) is 22.3. The minimum atomic E-state index is -4.08. The van der Waals surface area contributed by atoms with Gasteiger partial charge in [-0.15, -0.1) is 0 Å². The van der Waals surface area contributed by atoms with Crippen LogP contribution in [0.25, 0.3) is 0 Å². The van der Waals surface area contributed by atoms with Crippen LogP contribution in [0.4, 0.5) is 14.5 Å². The highest BCUT2D eigenvalue weighted by Crippen LogP contribution is 2.52. The average Bonchev–Trinajstić information content (AvgIpc) is 3.06. The normalized spacial score (nSPS) is 25.6. The molecule has 9 nitrogen and oxygen atoms in total. The maximum Gasteiger partial charge on any atom is 0.275 e. The molecule has 1 aromatic heterocycles. The van der Waals surface area contributed by atoms with Crippen molar-refractivity contribution in [2.24, 2.45) is 16.1 Å². The number of sulfone groups is 1. The second-order valence-electron chi connectivity index (χ2n) is 10.6. The number of hydrogen-bond acceptors (Lipinski definition) is 8. The van der Waals surface area contributed by atoms with E-state index < -0.39 is 43.8 Å². The number of carbonyl (C=O) groups is 1. The van der Waals surface area contributed by atoms with Gasteiger partial charge in [0.05, 0.1) is 17.6 Å². The number of nitrogens with zero attached hydrogens (tertiary/aromatic N) is 3.